The Labute approximate surface area is 143 Å². The number of benzene rings is 1. The molecule has 3 aromatic rings. The van der Waals surface area contributed by atoms with Crippen LogP contribution in [0.5, 0.6) is 0 Å². The van der Waals surface area contributed by atoms with Gasteiger partial charge in [0.2, 0.25) is 0 Å². The standard InChI is InChI=1S/C11H7S2.2C2H6.Y/c1-7-9-3-5-12-10(9)6-8-2-4-13-11(7)8;2*1-2;/h2-5H,1H3;2*1-2H3;/q-1;;;. The Hall–Kier alpha value is 0.244. The molecule has 0 saturated carbocycles. The predicted molar refractivity (Wildman–Crippen MR) is 83.5 cm³/mol. The summed E-state index contributed by atoms with van der Waals surface area (Å²) in [5, 5.41) is 6.90. The average molecular weight is 352 g/mol. The van der Waals surface area contributed by atoms with Gasteiger partial charge in [0.1, 0.15) is 0 Å². The van der Waals surface area contributed by atoms with Crippen molar-refractivity contribution in [2.45, 2.75) is 34.6 Å². The monoisotopic (exact) mass is 352 g/mol. The third-order valence-electron chi connectivity index (χ3n) is 2.32. The molecule has 0 saturated heterocycles. The molecule has 1 radical (unpaired) electrons. The third kappa shape index (κ3) is 3.63. The van der Waals surface area contributed by atoms with Crippen LogP contribution < -0.4 is 0 Å². The summed E-state index contributed by atoms with van der Waals surface area (Å²) >= 11 is 3.57. The van der Waals surface area contributed by atoms with Crippen LogP contribution in [0.2, 0.25) is 0 Å². The van der Waals surface area contributed by atoms with Gasteiger partial charge in [-0.25, -0.2) is 11.3 Å². The maximum atomic E-state index is 3.44. The zero-order chi connectivity index (χ0) is 12.8. The van der Waals surface area contributed by atoms with Gasteiger partial charge in [0.25, 0.3) is 0 Å². The van der Waals surface area contributed by atoms with Crippen LogP contribution in [0.1, 0.15) is 33.3 Å². The summed E-state index contributed by atoms with van der Waals surface area (Å²) < 4.78 is 2.66. The van der Waals surface area contributed by atoms with E-state index in [9.17, 15) is 0 Å². The van der Waals surface area contributed by atoms with Crippen LogP contribution in [0.25, 0.3) is 20.2 Å². The van der Waals surface area contributed by atoms with E-state index < -0.39 is 0 Å². The van der Waals surface area contributed by atoms with E-state index >= 15 is 0 Å². The molecule has 0 fully saturated rings. The molecule has 0 amide bonds. The zero-order valence-corrected chi connectivity index (χ0v) is 16.2. The molecule has 95 valence electrons. The van der Waals surface area contributed by atoms with Gasteiger partial charge in [-0.1, -0.05) is 56.2 Å². The van der Waals surface area contributed by atoms with Crippen molar-refractivity contribution in [3.8, 4) is 0 Å². The van der Waals surface area contributed by atoms with Crippen LogP contribution in [0.15, 0.2) is 22.9 Å². The van der Waals surface area contributed by atoms with Crippen molar-refractivity contribution in [1.29, 1.82) is 0 Å². The van der Waals surface area contributed by atoms with Crippen molar-refractivity contribution in [1.82, 2.24) is 0 Å². The van der Waals surface area contributed by atoms with Crippen LogP contribution in [-0.2, 0) is 32.7 Å². The van der Waals surface area contributed by atoms with Crippen LogP contribution in [0, 0.1) is 13.0 Å². The van der Waals surface area contributed by atoms with Gasteiger partial charge in [-0.2, -0.15) is 11.3 Å². The van der Waals surface area contributed by atoms with Gasteiger partial charge < -0.3 is 0 Å². The van der Waals surface area contributed by atoms with E-state index in [1.54, 1.807) is 22.7 Å². The molecule has 1 aromatic carbocycles. The predicted octanol–water partition coefficient (Wildman–Crippen LogP) is 6.27. The van der Waals surface area contributed by atoms with Gasteiger partial charge in [0, 0.05) is 32.7 Å². The van der Waals surface area contributed by atoms with E-state index in [0.717, 1.165) is 0 Å². The van der Waals surface area contributed by atoms with Crippen molar-refractivity contribution < 1.29 is 32.7 Å². The Morgan fingerprint density at radius 1 is 0.944 bits per heavy atom. The maximum absolute atomic E-state index is 3.44. The average Bonchev–Trinajstić information content (AvgIpc) is 3.03. The molecule has 0 bridgehead atoms. The Bertz CT molecular complexity index is 529. The third-order valence-corrected chi connectivity index (χ3v) is 4.19. The van der Waals surface area contributed by atoms with Gasteiger partial charge in [0.05, 0.1) is 0 Å². The number of thiophene rings is 2. The summed E-state index contributed by atoms with van der Waals surface area (Å²) in [6.45, 7) is 10.2. The molecule has 18 heavy (non-hydrogen) atoms. The van der Waals surface area contributed by atoms with Crippen molar-refractivity contribution >= 4 is 42.8 Å². The first-order chi connectivity index (χ1) is 8.36. The van der Waals surface area contributed by atoms with Crippen molar-refractivity contribution in [2.75, 3.05) is 0 Å². The van der Waals surface area contributed by atoms with Crippen LogP contribution in [-0.4, -0.2) is 0 Å². The van der Waals surface area contributed by atoms with Crippen LogP contribution in [0.3, 0.4) is 0 Å². The molecular weight excluding hydrogens is 333 g/mol. The minimum absolute atomic E-state index is 0. The molecule has 0 aliphatic rings. The van der Waals surface area contributed by atoms with Gasteiger partial charge >= 0.3 is 0 Å². The molecular formula is C15H19S2Y-. The number of rotatable bonds is 0. The number of hydrogen-bond donors (Lipinski definition) is 0. The molecule has 0 aliphatic carbocycles. The first-order valence-corrected chi connectivity index (χ1v) is 7.88. The fraction of sp³-hybridized carbons (Fsp3) is 0.333. The Kier molecular flexibility index (Phi) is 9.32. The van der Waals surface area contributed by atoms with Crippen molar-refractivity contribution in [2.24, 2.45) is 0 Å². The quantitative estimate of drug-likeness (QED) is 0.418. The van der Waals surface area contributed by atoms with E-state index in [0.29, 0.717) is 0 Å². The normalized spacial score (nSPS) is 8.94. The Morgan fingerprint density at radius 3 is 2.22 bits per heavy atom. The second-order valence-electron chi connectivity index (χ2n) is 3.08. The molecule has 0 unspecified atom stereocenters. The molecule has 0 aliphatic heterocycles. The summed E-state index contributed by atoms with van der Waals surface area (Å²) in [5.41, 5.74) is 1.40. The first kappa shape index (κ1) is 18.2. The van der Waals surface area contributed by atoms with E-state index in [1.165, 1.54) is 25.7 Å². The smallest absolute Gasteiger partial charge is 0 e. The first-order valence-electron chi connectivity index (χ1n) is 6.12. The summed E-state index contributed by atoms with van der Waals surface area (Å²) in [4.78, 5) is 0. The maximum Gasteiger partial charge on any atom is 0 e. The Morgan fingerprint density at radius 2 is 1.56 bits per heavy atom. The largest absolute Gasteiger partial charge is 0.206 e. The summed E-state index contributed by atoms with van der Waals surface area (Å²) in [6, 6.07) is 7.77. The fourth-order valence-electron chi connectivity index (χ4n) is 1.64. The molecule has 2 aromatic heterocycles. The summed E-state index contributed by atoms with van der Waals surface area (Å²) in [7, 11) is 0. The zero-order valence-electron chi connectivity index (χ0n) is 11.7. The molecule has 0 atom stereocenters. The van der Waals surface area contributed by atoms with Gasteiger partial charge in [-0.05, 0) is 10.1 Å². The molecule has 3 heteroatoms. The van der Waals surface area contributed by atoms with Crippen LogP contribution >= 0.6 is 22.7 Å². The van der Waals surface area contributed by atoms with E-state index in [2.05, 4.69) is 35.9 Å². The summed E-state index contributed by atoms with van der Waals surface area (Å²) in [6.07, 6.45) is 0. The van der Waals surface area contributed by atoms with E-state index in [-0.39, 0.29) is 32.7 Å². The van der Waals surface area contributed by atoms with E-state index in [1.807, 2.05) is 27.7 Å². The molecule has 3 rings (SSSR count). The fourth-order valence-corrected chi connectivity index (χ4v) is 3.37. The van der Waals surface area contributed by atoms with Crippen molar-refractivity contribution in [3.63, 3.8) is 0 Å². The minimum atomic E-state index is 0. The Balaban J connectivity index is 0.000000531. The molecule has 2 heterocycles. The van der Waals surface area contributed by atoms with E-state index in [4.69, 9.17) is 0 Å². The van der Waals surface area contributed by atoms with Gasteiger partial charge in [-0.15, -0.1) is 23.1 Å². The van der Waals surface area contributed by atoms with Crippen LogP contribution in [0.4, 0.5) is 0 Å². The van der Waals surface area contributed by atoms with Gasteiger partial charge in [-0.3, -0.25) is 0 Å². The number of hydrogen-bond acceptors (Lipinski definition) is 2. The molecule has 0 spiro atoms. The molecule has 0 N–H and O–H groups in total. The minimum Gasteiger partial charge on any atom is -0.206 e. The number of aryl methyl sites for hydroxylation is 1. The topological polar surface area (TPSA) is 0 Å². The number of fused-ring (bicyclic) bond motifs is 2. The second-order valence-corrected chi connectivity index (χ2v) is 4.91. The SMILES string of the molecule is CC.CC.Cc1c2ccsc2[c-]c2ccsc12.[Y]. The molecule has 0 nitrogen and oxygen atoms in total. The second kappa shape index (κ2) is 9.20. The van der Waals surface area contributed by atoms with Gasteiger partial charge in [0.15, 0.2) is 0 Å². The summed E-state index contributed by atoms with van der Waals surface area (Å²) in [5.74, 6) is 0. The van der Waals surface area contributed by atoms with Crippen molar-refractivity contribution in [3.05, 3.63) is 34.5 Å².